The van der Waals surface area contributed by atoms with Crippen LogP contribution in [0.3, 0.4) is 0 Å². The van der Waals surface area contributed by atoms with Gasteiger partial charge in [0, 0.05) is 11.8 Å². The van der Waals surface area contributed by atoms with Crippen LogP contribution in [0.15, 0.2) is 12.1 Å². The largest absolute Gasteiger partial charge is 0.489 e. The molecule has 0 saturated carbocycles. The quantitative estimate of drug-likeness (QED) is 0.840. The molecule has 0 aliphatic rings. The zero-order chi connectivity index (χ0) is 15.0. The minimum atomic E-state index is -0.420. The number of nitrogens with zero attached hydrogens (tertiary/aromatic N) is 2. The van der Waals surface area contributed by atoms with E-state index in [0.717, 1.165) is 17.0 Å². The summed E-state index contributed by atoms with van der Waals surface area (Å²) in [4.78, 5) is 0. The molecule has 0 saturated heterocycles. The van der Waals surface area contributed by atoms with Gasteiger partial charge in [0.2, 0.25) is 0 Å². The monoisotopic (exact) mass is 296 g/mol. The highest BCUT2D eigenvalue weighted by Crippen LogP contribution is 2.31. The van der Waals surface area contributed by atoms with Crippen LogP contribution < -0.4 is 4.74 Å². The average molecular weight is 297 g/mol. The van der Waals surface area contributed by atoms with Crippen LogP contribution in [0.5, 0.6) is 5.75 Å². The van der Waals surface area contributed by atoms with Gasteiger partial charge in [-0.15, -0.1) is 0 Å². The first kappa shape index (κ1) is 14.9. The SMILES string of the molecule is Cc1nn(-c2cc(OC(C)C)c(Cl)cc2F)c(C)c1C. The van der Waals surface area contributed by atoms with Crippen LogP contribution in [0.4, 0.5) is 4.39 Å². The van der Waals surface area contributed by atoms with Gasteiger partial charge in [-0.1, -0.05) is 11.6 Å². The van der Waals surface area contributed by atoms with Crippen LogP contribution in [0.25, 0.3) is 5.69 Å². The van der Waals surface area contributed by atoms with Crippen molar-refractivity contribution in [3.8, 4) is 11.4 Å². The van der Waals surface area contributed by atoms with Gasteiger partial charge in [0.15, 0.2) is 5.82 Å². The van der Waals surface area contributed by atoms with E-state index in [1.165, 1.54) is 6.07 Å². The molecule has 0 atom stereocenters. The molecule has 0 unspecified atom stereocenters. The molecule has 5 heteroatoms. The minimum Gasteiger partial charge on any atom is -0.489 e. The lowest BCUT2D eigenvalue weighted by Gasteiger charge is -2.14. The molecule has 0 bridgehead atoms. The molecule has 0 amide bonds. The maximum atomic E-state index is 14.2. The normalized spacial score (nSPS) is 11.2. The maximum absolute atomic E-state index is 14.2. The molecule has 1 aromatic heterocycles. The van der Waals surface area contributed by atoms with E-state index in [0.29, 0.717) is 11.4 Å². The number of hydrogen-bond donors (Lipinski definition) is 0. The van der Waals surface area contributed by atoms with Crippen molar-refractivity contribution in [3.63, 3.8) is 0 Å². The Kier molecular flexibility index (Phi) is 4.04. The fourth-order valence-electron chi connectivity index (χ4n) is 1.98. The molecule has 0 N–H and O–H groups in total. The summed E-state index contributed by atoms with van der Waals surface area (Å²) >= 11 is 6.01. The number of aryl methyl sites for hydroxylation is 1. The predicted molar refractivity (Wildman–Crippen MR) is 78.5 cm³/mol. The lowest BCUT2D eigenvalue weighted by molar-refractivity contribution is 0.242. The molecule has 0 aliphatic carbocycles. The van der Waals surface area contributed by atoms with Gasteiger partial charge in [-0.2, -0.15) is 5.10 Å². The Bertz CT molecular complexity index is 650. The lowest BCUT2D eigenvalue weighted by atomic mass is 10.2. The fraction of sp³-hybridized carbons (Fsp3) is 0.400. The summed E-state index contributed by atoms with van der Waals surface area (Å²) in [6.45, 7) is 9.57. The van der Waals surface area contributed by atoms with Crippen molar-refractivity contribution in [1.29, 1.82) is 0 Å². The summed E-state index contributed by atoms with van der Waals surface area (Å²) in [5.41, 5.74) is 3.17. The number of hydrogen-bond acceptors (Lipinski definition) is 2. The van der Waals surface area contributed by atoms with Gasteiger partial charge >= 0.3 is 0 Å². The molecule has 1 aromatic carbocycles. The first-order chi connectivity index (χ1) is 9.31. The highest BCUT2D eigenvalue weighted by Gasteiger charge is 2.16. The number of ether oxygens (including phenoxy) is 1. The van der Waals surface area contributed by atoms with Gasteiger partial charge in [-0.05, 0) is 46.2 Å². The molecule has 20 heavy (non-hydrogen) atoms. The van der Waals surface area contributed by atoms with E-state index in [4.69, 9.17) is 16.3 Å². The molecule has 3 nitrogen and oxygen atoms in total. The third kappa shape index (κ3) is 2.66. The maximum Gasteiger partial charge on any atom is 0.150 e. The van der Waals surface area contributed by atoms with E-state index < -0.39 is 5.82 Å². The molecule has 0 aliphatic heterocycles. The van der Waals surface area contributed by atoms with E-state index in [9.17, 15) is 4.39 Å². The highest BCUT2D eigenvalue weighted by molar-refractivity contribution is 6.32. The van der Waals surface area contributed by atoms with Crippen molar-refractivity contribution in [2.24, 2.45) is 0 Å². The zero-order valence-electron chi connectivity index (χ0n) is 12.3. The van der Waals surface area contributed by atoms with Crippen molar-refractivity contribution >= 4 is 11.6 Å². The number of benzene rings is 1. The smallest absolute Gasteiger partial charge is 0.150 e. The zero-order valence-corrected chi connectivity index (χ0v) is 13.0. The summed E-state index contributed by atoms with van der Waals surface area (Å²) in [6.07, 6.45) is -0.0343. The van der Waals surface area contributed by atoms with Crippen LogP contribution in [0.1, 0.15) is 30.8 Å². The molecular formula is C15H18ClFN2O. The Morgan fingerprint density at radius 1 is 1.25 bits per heavy atom. The number of halogens is 2. The fourth-order valence-corrected chi connectivity index (χ4v) is 2.18. The highest BCUT2D eigenvalue weighted by atomic mass is 35.5. The second-order valence-corrected chi connectivity index (χ2v) is 5.52. The Morgan fingerprint density at radius 2 is 1.90 bits per heavy atom. The summed E-state index contributed by atoms with van der Waals surface area (Å²) in [6, 6.07) is 2.86. The second kappa shape index (κ2) is 5.44. The average Bonchev–Trinajstić information content (AvgIpc) is 2.60. The molecule has 1 heterocycles. The molecule has 108 valence electrons. The van der Waals surface area contributed by atoms with Crippen LogP contribution >= 0.6 is 11.6 Å². The predicted octanol–water partition coefficient (Wildman–Crippen LogP) is 4.38. The Balaban J connectivity index is 2.58. The van der Waals surface area contributed by atoms with E-state index in [1.807, 2.05) is 34.6 Å². The summed E-state index contributed by atoms with van der Waals surface area (Å²) in [5.74, 6) is 0.0416. The van der Waals surface area contributed by atoms with Gasteiger partial charge in [0.25, 0.3) is 0 Å². The molecule has 0 radical (unpaired) electrons. The van der Waals surface area contributed by atoms with Crippen molar-refractivity contribution in [1.82, 2.24) is 9.78 Å². The summed E-state index contributed by atoms with van der Waals surface area (Å²) in [5, 5.41) is 4.63. The van der Waals surface area contributed by atoms with Crippen molar-refractivity contribution in [2.75, 3.05) is 0 Å². The molecule has 0 spiro atoms. The first-order valence-electron chi connectivity index (χ1n) is 6.50. The van der Waals surface area contributed by atoms with E-state index in [2.05, 4.69) is 5.10 Å². The molecular weight excluding hydrogens is 279 g/mol. The minimum absolute atomic E-state index is 0.0343. The van der Waals surface area contributed by atoms with Gasteiger partial charge in [0.1, 0.15) is 11.4 Å². The van der Waals surface area contributed by atoms with Crippen LogP contribution in [-0.4, -0.2) is 15.9 Å². The Labute approximate surface area is 123 Å². The van der Waals surface area contributed by atoms with Crippen molar-refractivity contribution in [3.05, 3.63) is 39.9 Å². The lowest BCUT2D eigenvalue weighted by Crippen LogP contribution is -2.08. The van der Waals surface area contributed by atoms with Gasteiger partial charge in [-0.3, -0.25) is 0 Å². The van der Waals surface area contributed by atoms with Crippen LogP contribution in [0, 0.1) is 26.6 Å². The van der Waals surface area contributed by atoms with E-state index in [-0.39, 0.29) is 11.1 Å². The Hall–Kier alpha value is -1.55. The first-order valence-corrected chi connectivity index (χ1v) is 6.88. The molecule has 2 rings (SSSR count). The standard InChI is InChI=1S/C15H18ClFN2O/c1-8(2)20-15-7-14(13(17)6-12(15)16)19-11(5)9(3)10(4)18-19/h6-8H,1-5H3. The molecule has 0 fully saturated rings. The number of aromatic nitrogens is 2. The number of rotatable bonds is 3. The van der Waals surface area contributed by atoms with Gasteiger partial charge in [0.05, 0.1) is 16.8 Å². The van der Waals surface area contributed by atoms with Crippen molar-refractivity contribution in [2.45, 2.75) is 40.7 Å². The second-order valence-electron chi connectivity index (χ2n) is 5.11. The van der Waals surface area contributed by atoms with Gasteiger partial charge in [-0.25, -0.2) is 9.07 Å². The Morgan fingerprint density at radius 3 is 2.40 bits per heavy atom. The van der Waals surface area contributed by atoms with Crippen LogP contribution in [0.2, 0.25) is 5.02 Å². The van der Waals surface area contributed by atoms with E-state index in [1.54, 1.807) is 10.7 Å². The van der Waals surface area contributed by atoms with Crippen LogP contribution in [-0.2, 0) is 0 Å². The molecule has 2 aromatic rings. The van der Waals surface area contributed by atoms with E-state index >= 15 is 0 Å². The third-order valence-electron chi connectivity index (χ3n) is 3.25. The van der Waals surface area contributed by atoms with Gasteiger partial charge < -0.3 is 4.74 Å². The summed E-state index contributed by atoms with van der Waals surface area (Å²) < 4.78 is 21.4. The third-order valence-corrected chi connectivity index (χ3v) is 3.54. The topological polar surface area (TPSA) is 27.1 Å². The van der Waals surface area contributed by atoms with Crippen molar-refractivity contribution < 1.29 is 9.13 Å². The summed E-state index contributed by atoms with van der Waals surface area (Å²) in [7, 11) is 0.